The summed E-state index contributed by atoms with van der Waals surface area (Å²) in [6.07, 6.45) is 0. The van der Waals surface area contributed by atoms with Gasteiger partial charge in [-0.25, -0.2) is 0 Å². The summed E-state index contributed by atoms with van der Waals surface area (Å²) < 4.78 is 4.31. The van der Waals surface area contributed by atoms with Crippen molar-refractivity contribution in [1.29, 1.82) is 0 Å². The van der Waals surface area contributed by atoms with Crippen LogP contribution in [-0.2, 0) is 6.54 Å². The van der Waals surface area contributed by atoms with Crippen LogP contribution < -0.4 is 10.2 Å². The summed E-state index contributed by atoms with van der Waals surface area (Å²) in [6.45, 7) is 4.07. The van der Waals surface area contributed by atoms with Crippen LogP contribution in [0, 0.1) is 6.92 Å². The number of aryl methyl sites for hydroxylation is 1. The fourth-order valence-corrected chi connectivity index (χ4v) is 3.55. The summed E-state index contributed by atoms with van der Waals surface area (Å²) >= 11 is 1.34. The number of nitrogens with one attached hydrogen (secondary N) is 1. The maximum Gasteiger partial charge on any atom is 0.259 e. The lowest BCUT2D eigenvalue weighted by Gasteiger charge is -2.21. The zero-order valence-electron chi connectivity index (χ0n) is 13.1. The van der Waals surface area contributed by atoms with Crippen molar-refractivity contribution in [2.24, 2.45) is 0 Å². The molecule has 0 fully saturated rings. The lowest BCUT2D eigenvalue weighted by Crippen LogP contribution is -2.34. The Morgan fingerprint density at radius 2 is 2.09 bits per heavy atom. The molecule has 0 bridgehead atoms. The molecule has 0 unspecified atom stereocenters. The van der Waals surface area contributed by atoms with E-state index in [9.17, 15) is 4.79 Å². The first-order valence-corrected chi connectivity index (χ1v) is 8.11. The summed E-state index contributed by atoms with van der Waals surface area (Å²) in [5, 5.41) is 3.92. The number of amides is 1. The number of benzene rings is 1. The Bertz CT molecular complexity index is 697. The Balaban J connectivity index is 1.93. The summed E-state index contributed by atoms with van der Waals surface area (Å²) in [6, 6.07) is 8.27. The first-order chi connectivity index (χ1) is 10.6. The number of hydrogen-bond donors (Lipinski definition) is 1. The lowest BCUT2D eigenvalue weighted by atomic mass is 10.1. The smallest absolute Gasteiger partial charge is 0.259 e. The number of rotatable bonds is 2. The van der Waals surface area contributed by atoms with E-state index >= 15 is 0 Å². The Morgan fingerprint density at radius 1 is 1.32 bits per heavy atom. The van der Waals surface area contributed by atoms with E-state index in [0.29, 0.717) is 18.7 Å². The first kappa shape index (κ1) is 14.8. The number of hydrogen-bond acceptors (Lipinski definition) is 5. The SMILES string of the molecule is CNc1snc(C)c1C(=O)N1CCN(C)c2ccccc2C1. The van der Waals surface area contributed by atoms with Crippen LogP contribution in [0.1, 0.15) is 21.6 Å². The Morgan fingerprint density at radius 3 is 2.86 bits per heavy atom. The minimum Gasteiger partial charge on any atom is -0.378 e. The van der Waals surface area contributed by atoms with Crippen molar-refractivity contribution in [3.63, 3.8) is 0 Å². The molecule has 0 spiro atoms. The molecule has 6 heteroatoms. The number of fused-ring (bicyclic) bond motifs is 1. The normalized spacial score (nSPS) is 14.5. The van der Waals surface area contributed by atoms with Gasteiger partial charge < -0.3 is 15.1 Å². The predicted octanol–water partition coefficient (Wildman–Crippen LogP) is 2.59. The third kappa shape index (κ3) is 2.54. The van der Waals surface area contributed by atoms with Crippen LogP contribution in [0.2, 0.25) is 0 Å². The van der Waals surface area contributed by atoms with E-state index in [4.69, 9.17) is 0 Å². The van der Waals surface area contributed by atoms with Gasteiger partial charge in [0.2, 0.25) is 0 Å². The quantitative estimate of drug-likeness (QED) is 0.925. The van der Waals surface area contributed by atoms with Crippen molar-refractivity contribution in [2.45, 2.75) is 13.5 Å². The third-order valence-corrected chi connectivity index (χ3v) is 5.02. The molecule has 2 heterocycles. The van der Waals surface area contributed by atoms with Gasteiger partial charge in [0.25, 0.3) is 5.91 Å². The van der Waals surface area contributed by atoms with Crippen molar-refractivity contribution in [3.05, 3.63) is 41.1 Å². The molecule has 0 aliphatic carbocycles. The van der Waals surface area contributed by atoms with Gasteiger partial charge in [-0.3, -0.25) is 4.79 Å². The average Bonchev–Trinajstić information content (AvgIpc) is 2.82. The number of carbonyl (C=O) groups excluding carboxylic acids is 1. The van der Waals surface area contributed by atoms with Gasteiger partial charge in [-0.2, -0.15) is 4.37 Å². The topological polar surface area (TPSA) is 48.5 Å². The molecular formula is C16H20N4OS. The Labute approximate surface area is 134 Å². The van der Waals surface area contributed by atoms with Gasteiger partial charge in [0.05, 0.1) is 11.3 Å². The van der Waals surface area contributed by atoms with Gasteiger partial charge in [0.15, 0.2) is 0 Å². The number of aromatic nitrogens is 1. The summed E-state index contributed by atoms with van der Waals surface area (Å²) in [7, 11) is 3.90. The fraction of sp³-hybridized carbons (Fsp3) is 0.375. The van der Waals surface area contributed by atoms with E-state index in [1.807, 2.05) is 31.0 Å². The lowest BCUT2D eigenvalue weighted by molar-refractivity contribution is 0.0752. The number of para-hydroxylation sites is 1. The minimum absolute atomic E-state index is 0.0562. The number of likely N-dealkylation sites (N-methyl/N-ethyl adjacent to an activating group) is 1. The molecule has 1 aromatic heterocycles. The first-order valence-electron chi connectivity index (χ1n) is 7.34. The standard InChI is InChI=1S/C16H20N4OS/c1-11-14(15(17-2)22-18-11)16(21)20-9-8-19(3)13-7-5-4-6-12(13)10-20/h4-7,17H,8-10H2,1-3H3. The maximum absolute atomic E-state index is 13.0. The van der Waals surface area contributed by atoms with E-state index in [-0.39, 0.29) is 5.91 Å². The van der Waals surface area contributed by atoms with Gasteiger partial charge >= 0.3 is 0 Å². The molecular weight excluding hydrogens is 296 g/mol. The second kappa shape index (κ2) is 5.96. The zero-order chi connectivity index (χ0) is 15.7. The second-order valence-corrected chi connectivity index (χ2v) is 6.27. The van der Waals surface area contributed by atoms with Gasteiger partial charge in [-0.1, -0.05) is 18.2 Å². The van der Waals surface area contributed by atoms with Crippen LogP contribution >= 0.6 is 11.5 Å². The monoisotopic (exact) mass is 316 g/mol. The van der Waals surface area contributed by atoms with Gasteiger partial charge in [-0.15, -0.1) is 0 Å². The van der Waals surface area contributed by atoms with Gasteiger partial charge in [-0.05, 0) is 30.1 Å². The van der Waals surface area contributed by atoms with Gasteiger partial charge in [0, 0.05) is 39.4 Å². The fourth-order valence-electron chi connectivity index (χ4n) is 2.82. The van der Waals surface area contributed by atoms with Crippen molar-refractivity contribution in [2.75, 3.05) is 37.4 Å². The highest BCUT2D eigenvalue weighted by Gasteiger charge is 2.26. The molecule has 2 aromatic rings. The molecule has 1 aromatic carbocycles. The summed E-state index contributed by atoms with van der Waals surface area (Å²) in [4.78, 5) is 17.1. The van der Waals surface area contributed by atoms with Crippen LogP contribution in [0.25, 0.3) is 0 Å². The highest BCUT2D eigenvalue weighted by molar-refractivity contribution is 7.10. The van der Waals surface area contributed by atoms with Crippen molar-refractivity contribution in [3.8, 4) is 0 Å². The van der Waals surface area contributed by atoms with E-state index in [0.717, 1.165) is 17.2 Å². The summed E-state index contributed by atoms with van der Waals surface area (Å²) in [5.41, 5.74) is 3.88. The van der Waals surface area contributed by atoms with Gasteiger partial charge in [0.1, 0.15) is 5.00 Å². The van der Waals surface area contributed by atoms with Crippen LogP contribution in [0.15, 0.2) is 24.3 Å². The maximum atomic E-state index is 13.0. The van der Waals surface area contributed by atoms with E-state index < -0.39 is 0 Å². The highest BCUT2D eigenvalue weighted by Crippen LogP contribution is 2.28. The summed E-state index contributed by atoms with van der Waals surface area (Å²) in [5.74, 6) is 0.0562. The number of carbonyl (C=O) groups is 1. The van der Waals surface area contributed by atoms with E-state index in [1.54, 1.807) is 0 Å². The molecule has 116 valence electrons. The molecule has 0 atom stereocenters. The molecule has 22 heavy (non-hydrogen) atoms. The van der Waals surface area contributed by atoms with Crippen molar-refractivity contribution < 1.29 is 4.79 Å². The van der Waals surface area contributed by atoms with Crippen LogP contribution in [0.4, 0.5) is 10.7 Å². The Hall–Kier alpha value is -2.08. The molecule has 3 rings (SSSR count). The zero-order valence-corrected chi connectivity index (χ0v) is 13.9. The van der Waals surface area contributed by atoms with E-state index in [1.165, 1.54) is 22.8 Å². The second-order valence-electron chi connectivity index (χ2n) is 5.50. The number of anilines is 2. The molecule has 0 saturated carbocycles. The van der Waals surface area contributed by atoms with Crippen LogP contribution in [-0.4, -0.2) is 42.4 Å². The molecule has 1 aliphatic rings. The van der Waals surface area contributed by atoms with Crippen molar-refractivity contribution >= 4 is 28.1 Å². The number of nitrogens with zero attached hydrogens (tertiary/aromatic N) is 3. The molecule has 0 saturated heterocycles. The third-order valence-electron chi connectivity index (χ3n) is 4.06. The van der Waals surface area contributed by atoms with Crippen LogP contribution in [0.5, 0.6) is 0 Å². The van der Waals surface area contributed by atoms with Crippen molar-refractivity contribution in [1.82, 2.24) is 9.27 Å². The van der Waals surface area contributed by atoms with Crippen LogP contribution in [0.3, 0.4) is 0 Å². The largest absolute Gasteiger partial charge is 0.378 e. The average molecular weight is 316 g/mol. The molecule has 5 nitrogen and oxygen atoms in total. The highest BCUT2D eigenvalue weighted by atomic mass is 32.1. The predicted molar refractivity (Wildman–Crippen MR) is 90.9 cm³/mol. The molecule has 0 radical (unpaired) electrons. The van der Waals surface area contributed by atoms with E-state index in [2.05, 4.69) is 33.8 Å². The molecule has 1 amide bonds. The Kier molecular flexibility index (Phi) is 4.02. The minimum atomic E-state index is 0.0562. The molecule has 1 aliphatic heterocycles. The molecule has 1 N–H and O–H groups in total.